The average molecular weight is 300 g/mol. The fraction of sp³-hybridized carbons (Fsp3) is 0.222. The number of hydrogen-bond acceptors (Lipinski definition) is 2. The molecule has 0 aliphatic rings. The summed E-state index contributed by atoms with van der Waals surface area (Å²) >= 11 is 1.67. The summed E-state index contributed by atoms with van der Waals surface area (Å²) in [6.45, 7) is 3.95. The zero-order valence-electron chi connectivity index (χ0n) is 12.1. The van der Waals surface area contributed by atoms with Gasteiger partial charge in [-0.1, -0.05) is 17.9 Å². The summed E-state index contributed by atoms with van der Waals surface area (Å²) in [4.78, 5) is 1.17. The molecular weight excluding hydrogens is 283 g/mol. The molecule has 0 aromatic heterocycles. The summed E-state index contributed by atoms with van der Waals surface area (Å²) < 4.78 is 13.6. The third-order valence-corrected chi connectivity index (χ3v) is 4.22. The van der Waals surface area contributed by atoms with Crippen molar-refractivity contribution >= 4 is 11.8 Å². The monoisotopic (exact) mass is 300 g/mol. The van der Waals surface area contributed by atoms with Crippen molar-refractivity contribution in [1.29, 1.82) is 0 Å². The number of aliphatic hydroxyl groups is 1. The molecule has 0 amide bonds. The first-order chi connectivity index (χ1) is 10.1. The van der Waals surface area contributed by atoms with E-state index in [1.165, 1.54) is 28.2 Å². The molecule has 0 bridgehead atoms. The van der Waals surface area contributed by atoms with Crippen LogP contribution in [0.25, 0.3) is 0 Å². The molecule has 0 radical (unpaired) electrons. The van der Waals surface area contributed by atoms with Gasteiger partial charge in [-0.2, -0.15) is 0 Å². The Balaban J connectivity index is 2.12. The van der Waals surface area contributed by atoms with E-state index in [1.807, 2.05) is 6.07 Å². The molecule has 0 atom stereocenters. The Morgan fingerprint density at radius 3 is 2.62 bits per heavy atom. The molecule has 1 N–H and O–H groups in total. The lowest BCUT2D eigenvalue weighted by Crippen LogP contribution is -1.88. The average Bonchev–Trinajstić information content (AvgIpc) is 2.46. The molecule has 21 heavy (non-hydrogen) atoms. The van der Waals surface area contributed by atoms with Gasteiger partial charge in [0.1, 0.15) is 12.4 Å². The van der Waals surface area contributed by atoms with Crippen LogP contribution >= 0.6 is 11.8 Å². The van der Waals surface area contributed by atoms with E-state index in [0.717, 1.165) is 5.56 Å². The first kappa shape index (κ1) is 15.6. The number of thioether (sulfide) groups is 1. The van der Waals surface area contributed by atoms with E-state index in [2.05, 4.69) is 43.9 Å². The predicted octanol–water partition coefficient (Wildman–Crippen LogP) is 4.08. The van der Waals surface area contributed by atoms with Crippen molar-refractivity contribution in [2.24, 2.45) is 0 Å². The van der Waals surface area contributed by atoms with Crippen molar-refractivity contribution in [3.8, 4) is 11.8 Å². The van der Waals surface area contributed by atoms with Gasteiger partial charge in [-0.05, 0) is 60.9 Å². The van der Waals surface area contributed by atoms with Gasteiger partial charge in [-0.15, -0.1) is 11.8 Å². The highest BCUT2D eigenvalue weighted by molar-refractivity contribution is 7.98. The van der Waals surface area contributed by atoms with Crippen molar-refractivity contribution < 1.29 is 9.50 Å². The SMILES string of the molecule is Cc1ccc(SCc2cc(F)cc(C#CCO)c2)cc1C. The fourth-order valence-electron chi connectivity index (χ4n) is 1.92. The Morgan fingerprint density at radius 2 is 1.90 bits per heavy atom. The molecule has 0 unspecified atom stereocenters. The van der Waals surface area contributed by atoms with Gasteiger partial charge in [-0.3, -0.25) is 0 Å². The molecule has 0 aliphatic heterocycles. The molecule has 2 aromatic carbocycles. The summed E-state index contributed by atoms with van der Waals surface area (Å²) in [5.41, 5.74) is 4.01. The van der Waals surface area contributed by atoms with Crippen LogP contribution in [-0.4, -0.2) is 11.7 Å². The minimum Gasteiger partial charge on any atom is -0.384 e. The van der Waals surface area contributed by atoms with Gasteiger partial charge in [0.15, 0.2) is 0 Å². The van der Waals surface area contributed by atoms with Crippen LogP contribution in [0.4, 0.5) is 4.39 Å². The molecule has 108 valence electrons. The lowest BCUT2D eigenvalue weighted by atomic mass is 10.1. The smallest absolute Gasteiger partial charge is 0.124 e. The van der Waals surface area contributed by atoms with E-state index in [4.69, 9.17) is 5.11 Å². The number of aliphatic hydroxyl groups excluding tert-OH is 1. The van der Waals surface area contributed by atoms with Gasteiger partial charge in [0.05, 0.1) is 0 Å². The lowest BCUT2D eigenvalue weighted by molar-refractivity contribution is 0.350. The van der Waals surface area contributed by atoms with Crippen LogP contribution in [0, 0.1) is 31.5 Å². The van der Waals surface area contributed by atoms with Crippen LogP contribution < -0.4 is 0 Å². The van der Waals surface area contributed by atoms with Crippen LogP contribution in [0.5, 0.6) is 0 Å². The predicted molar refractivity (Wildman–Crippen MR) is 85.8 cm³/mol. The third kappa shape index (κ3) is 4.63. The van der Waals surface area contributed by atoms with E-state index < -0.39 is 0 Å². The maximum absolute atomic E-state index is 13.6. The topological polar surface area (TPSA) is 20.2 Å². The van der Waals surface area contributed by atoms with E-state index >= 15 is 0 Å². The zero-order valence-corrected chi connectivity index (χ0v) is 12.9. The second-order valence-corrected chi connectivity index (χ2v) is 5.89. The Morgan fingerprint density at radius 1 is 1.10 bits per heavy atom. The van der Waals surface area contributed by atoms with Gasteiger partial charge < -0.3 is 5.11 Å². The van der Waals surface area contributed by atoms with E-state index in [0.29, 0.717) is 11.3 Å². The Bertz CT molecular complexity index is 698. The molecule has 0 saturated heterocycles. The van der Waals surface area contributed by atoms with Crippen LogP contribution in [0.15, 0.2) is 41.3 Å². The van der Waals surface area contributed by atoms with E-state index in [9.17, 15) is 4.39 Å². The second kappa shape index (κ2) is 7.31. The van der Waals surface area contributed by atoms with Crippen LogP contribution in [0.1, 0.15) is 22.3 Å². The minimum absolute atomic E-state index is 0.219. The Hall–Kier alpha value is -1.76. The summed E-state index contributed by atoms with van der Waals surface area (Å²) in [7, 11) is 0. The fourth-order valence-corrected chi connectivity index (χ4v) is 2.84. The van der Waals surface area contributed by atoms with Crippen molar-refractivity contribution in [2.75, 3.05) is 6.61 Å². The van der Waals surface area contributed by atoms with Crippen LogP contribution in [0.3, 0.4) is 0 Å². The van der Waals surface area contributed by atoms with Crippen molar-refractivity contribution in [3.63, 3.8) is 0 Å². The maximum atomic E-state index is 13.6. The first-order valence-corrected chi connectivity index (χ1v) is 7.66. The summed E-state index contributed by atoms with van der Waals surface area (Å²) in [6.07, 6.45) is 0. The van der Waals surface area contributed by atoms with Crippen LogP contribution in [-0.2, 0) is 5.75 Å². The quantitative estimate of drug-likeness (QED) is 0.681. The number of benzene rings is 2. The Labute approximate surface area is 129 Å². The van der Waals surface area contributed by atoms with Gasteiger partial charge in [0, 0.05) is 16.2 Å². The van der Waals surface area contributed by atoms with Gasteiger partial charge in [0.2, 0.25) is 0 Å². The molecule has 0 saturated carbocycles. The molecule has 0 heterocycles. The molecule has 3 heteroatoms. The van der Waals surface area contributed by atoms with Crippen molar-refractivity contribution in [3.05, 3.63) is 64.5 Å². The van der Waals surface area contributed by atoms with Crippen LogP contribution in [0.2, 0.25) is 0 Å². The van der Waals surface area contributed by atoms with Crippen molar-refractivity contribution in [2.45, 2.75) is 24.5 Å². The van der Waals surface area contributed by atoms with Gasteiger partial charge in [-0.25, -0.2) is 4.39 Å². The summed E-state index contributed by atoms with van der Waals surface area (Å²) in [5, 5.41) is 8.70. The number of halogens is 1. The molecule has 0 fully saturated rings. The molecule has 1 nitrogen and oxygen atoms in total. The number of rotatable bonds is 3. The second-order valence-electron chi connectivity index (χ2n) is 4.84. The largest absolute Gasteiger partial charge is 0.384 e. The van der Waals surface area contributed by atoms with E-state index in [1.54, 1.807) is 11.8 Å². The highest BCUT2D eigenvalue weighted by Gasteiger charge is 2.02. The van der Waals surface area contributed by atoms with Gasteiger partial charge in [0.25, 0.3) is 0 Å². The third-order valence-electron chi connectivity index (χ3n) is 3.15. The summed E-state index contributed by atoms with van der Waals surface area (Å²) in [6, 6.07) is 11.1. The zero-order chi connectivity index (χ0) is 15.2. The Kier molecular flexibility index (Phi) is 5.44. The molecular formula is C18H17FOS. The normalized spacial score (nSPS) is 10.1. The molecule has 0 aliphatic carbocycles. The lowest BCUT2D eigenvalue weighted by Gasteiger charge is -2.06. The first-order valence-electron chi connectivity index (χ1n) is 6.68. The number of aryl methyl sites for hydroxylation is 2. The molecule has 0 spiro atoms. The van der Waals surface area contributed by atoms with E-state index in [-0.39, 0.29) is 12.4 Å². The number of hydrogen-bond donors (Lipinski definition) is 1. The highest BCUT2D eigenvalue weighted by atomic mass is 32.2. The van der Waals surface area contributed by atoms with Gasteiger partial charge >= 0.3 is 0 Å². The molecule has 2 aromatic rings. The summed E-state index contributed by atoms with van der Waals surface area (Å²) in [5.74, 6) is 5.67. The molecule has 2 rings (SSSR count). The maximum Gasteiger partial charge on any atom is 0.124 e. The minimum atomic E-state index is -0.296. The van der Waals surface area contributed by atoms with Crippen molar-refractivity contribution in [1.82, 2.24) is 0 Å². The standard InChI is InChI=1S/C18H17FOS/c1-13-5-6-18(8-14(13)2)21-12-16-9-15(4-3-7-20)10-17(19)11-16/h5-6,8-11,20H,7,12H2,1-2H3. The highest BCUT2D eigenvalue weighted by Crippen LogP contribution is 2.25.